The van der Waals surface area contributed by atoms with Crippen LogP contribution in [0.2, 0.25) is 0 Å². The predicted octanol–water partition coefficient (Wildman–Crippen LogP) is 1.82. The Balaban J connectivity index is 1.32. The topological polar surface area (TPSA) is 59.3 Å². The Morgan fingerprint density at radius 1 is 1.23 bits per heavy atom. The second-order valence-corrected chi connectivity index (χ2v) is 8.40. The van der Waals surface area contributed by atoms with Crippen LogP contribution in [0.15, 0.2) is 18.2 Å². The molecule has 2 aliphatic rings. The number of aromatic nitrogens is 4. The van der Waals surface area contributed by atoms with Gasteiger partial charge in [-0.15, -0.1) is 5.10 Å². The SMILES string of the molecule is CN(Cc1cc2n(n1)CCOC2)C1CN(c2ccc(C(C)(C)C)nn2)C1. The van der Waals surface area contributed by atoms with E-state index in [1.807, 2.05) is 0 Å². The minimum absolute atomic E-state index is 0.0397. The maximum absolute atomic E-state index is 5.49. The second kappa shape index (κ2) is 6.63. The van der Waals surface area contributed by atoms with E-state index in [-0.39, 0.29) is 5.41 Å². The van der Waals surface area contributed by atoms with Crippen LogP contribution < -0.4 is 4.90 Å². The zero-order chi connectivity index (χ0) is 18.3. The molecular weight excluding hydrogens is 328 g/mol. The van der Waals surface area contributed by atoms with Gasteiger partial charge in [-0.3, -0.25) is 9.58 Å². The van der Waals surface area contributed by atoms with Crippen molar-refractivity contribution in [3.05, 3.63) is 35.3 Å². The molecule has 7 nitrogen and oxygen atoms in total. The molecule has 0 aromatic carbocycles. The smallest absolute Gasteiger partial charge is 0.151 e. The summed E-state index contributed by atoms with van der Waals surface area (Å²) in [4.78, 5) is 4.66. The number of hydrogen-bond donors (Lipinski definition) is 0. The molecule has 0 saturated carbocycles. The van der Waals surface area contributed by atoms with Crippen molar-refractivity contribution in [2.45, 2.75) is 51.9 Å². The average Bonchev–Trinajstić information content (AvgIpc) is 2.95. The van der Waals surface area contributed by atoms with Crippen molar-refractivity contribution in [2.75, 3.05) is 31.6 Å². The van der Waals surface area contributed by atoms with Crippen molar-refractivity contribution in [3.8, 4) is 0 Å². The highest BCUT2D eigenvalue weighted by Crippen LogP contribution is 2.25. The zero-order valence-electron chi connectivity index (χ0n) is 16.1. The molecule has 0 N–H and O–H groups in total. The molecule has 4 rings (SSSR count). The number of anilines is 1. The fraction of sp³-hybridized carbons (Fsp3) is 0.632. The molecule has 1 saturated heterocycles. The summed E-state index contributed by atoms with van der Waals surface area (Å²) in [6, 6.07) is 6.88. The lowest BCUT2D eigenvalue weighted by Gasteiger charge is -2.44. The van der Waals surface area contributed by atoms with E-state index in [0.29, 0.717) is 12.6 Å². The minimum atomic E-state index is 0.0397. The summed E-state index contributed by atoms with van der Waals surface area (Å²) < 4.78 is 7.57. The summed E-state index contributed by atoms with van der Waals surface area (Å²) in [5.74, 6) is 0.970. The number of hydrogen-bond acceptors (Lipinski definition) is 6. The third-order valence-corrected chi connectivity index (χ3v) is 5.25. The van der Waals surface area contributed by atoms with Crippen LogP contribution in [0.1, 0.15) is 37.9 Å². The van der Waals surface area contributed by atoms with Gasteiger partial charge in [-0.25, -0.2) is 0 Å². The highest BCUT2D eigenvalue weighted by atomic mass is 16.5. The van der Waals surface area contributed by atoms with Gasteiger partial charge in [0.15, 0.2) is 5.82 Å². The van der Waals surface area contributed by atoms with Gasteiger partial charge in [-0.1, -0.05) is 20.8 Å². The van der Waals surface area contributed by atoms with Crippen LogP contribution >= 0.6 is 0 Å². The molecule has 0 spiro atoms. The highest BCUT2D eigenvalue weighted by molar-refractivity contribution is 5.42. The third kappa shape index (κ3) is 3.46. The highest BCUT2D eigenvalue weighted by Gasteiger charge is 2.31. The second-order valence-electron chi connectivity index (χ2n) is 8.40. The average molecular weight is 356 g/mol. The normalized spacial score (nSPS) is 18.1. The van der Waals surface area contributed by atoms with Crippen LogP contribution in [0.3, 0.4) is 0 Å². The molecule has 0 aliphatic carbocycles. The van der Waals surface area contributed by atoms with Crippen LogP contribution in [-0.2, 0) is 29.8 Å². The lowest BCUT2D eigenvalue weighted by Crippen LogP contribution is -2.58. The van der Waals surface area contributed by atoms with E-state index in [1.165, 1.54) is 5.69 Å². The maximum atomic E-state index is 5.49. The van der Waals surface area contributed by atoms with E-state index < -0.39 is 0 Å². The molecule has 7 heteroatoms. The Morgan fingerprint density at radius 2 is 2.04 bits per heavy atom. The molecule has 2 aromatic heterocycles. The van der Waals surface area contributed by atoms with Crippen molar-refractivity contribution < 1.29 is 4.74 Å². The summed E-state index contributed by atoms with van der Waals surface area (Å²) in [6.45, 7) is 11.6. The summed E-state index contributed by atoms with van der Waals surface area (Å²) in [6.07, 6.45) is 0. The van der Waals surface area contributed by atoms with Crippen LogP contribution in [0.5, 0.6) is 0 Å². The van der Waals surface area contributed by atoms with Gasteiger partial charge in [0.05, 0.1) is 36.8 Å². The minimum Gasteiger partial charge on any atom is -0.373 e. The van der Waals surface area contributed by atoms with Gasteiger partial charge in [0.25, 0.3) is 0 Å². The van der Waals surface area contributed by atoms with Crippen molar-refractivity contribution >= 4 is 5.82 Å². The Labute approximate surface area is 155 Å². The molecule has 26 heavy (non-hydrogen) atoms. The number of likely N-dealkylation sites (N-methyl/N-ethyl adjacent to an activating group) is 1. The van der Waals surface area contributed by atoms with Crippen molar-refractivity contribution in [3.63, 3.8) is 0 Å². The van der Waals surface area contributed by atoms with Gasteiger partial charge in [-0.2, -0.15) is 10.2 Å². The summed E-state index contributed by atoms with van der Waals surface area (Å²) >= 11 is 0. The molecule has 0 bridgehead atoms. The molecule has 140 valence electrons. The first-order chi connectivity index (χ1) is 12.4. The molecule has 2 aromatic rings. The van der Waals surface area contributed by atoms with Gasteiger partial charge in [-0.05, 0) is 25.2 Å². The lowest BCUT2D eigenvalue weighted by molar-refractivity contribution is 0.0799. The summed E-state index contributed by atoms with van der Waals surface area (Å²) in [5.41, 5.74) is 3.38. The third-order valence-electron chi connectivity index (χ3n) is 5.25. The fourth-order valence-corrected chi connectivity index (χ4v) is 3.43. The zero-order valence-corrected chi connectivity index (χ0v) is 16.1. The van der Waals surface area contributed by atoms with E-state index in [1.54, 1.807) is 0 Å². The standard InChI is InChI=1S/C19H28N6O/c1-19(2,3)17-5-6-18(21-20-17)24-11-16(12-24)23(4)10-14-9-15-13-26-8-7-25(15)22-14/h5-6,9,16H,7-8,10-13H2,1-4H3. The van der Waals surface area contributed by atoms with Gasteiger partial charge in [0, 0.05) is 31.1 Å². The lowest BCUT2D eigenvalue weighted by atomic mass is 9.92. The van der Waals surface area contributed by atoms with Crippen molar-refractivity contribution in [2.24, 2.45) is 0 Å². The number of ether oxygens (including phenoxy) is 1. The van der Waals surface area contributed by atoms with E-state index in [9.17, 15) is 0 Å². The molecule has 0 atom stereocenters. The van der Waals surface area contributed by atoms with Crippen molar-refractivity contribution in [1.29, 1.82) is 0 Å². The number of rotatable bonds is 4. The van der Waals surface area contributed by atoms with Gasteiger partial charge in [0.1, 0.15) is 0 Å². The Morgan fingerprint density at radius 3 is 2.69 bits per heavy atom. The maximum Gasteiger partial charge on any atom is 0.151 e. The van der Waals surface area contributed by atoms with Crippen LogP contribution in [0.4, 0.5) is 5.82 Å². The summed E-state index contributed by atoms with van der Waals surface area (Å²) in [5, 5.41) is 13.5. The van der Waals surface area contributed by atoms with E-state index in [0.717, 1.165) is 50.0 Å². The Hall–Kier alpha value is -1.99. The first-order valence-corrected chi connectivity index (χ1v) is 9.33. The number of nitrogens with zero attached hydrogens (tertiary/aromatic N) is 6. The molecular formula is C19H28N6O. The first-order valence-electron chi connectivity index (χ1n) is 9.33. The molecule has 0 unspecified atom stereocenters. The Bertz CT molecular complexity index is 734. The van der Waals surface area contributed by atoms with Gasteiger partial charge in [0.2, 0.25) is 0 Å². The van der Waals surface area contributed by atoms with Crippen LogP contribution in [-0.4, -0.2) is 57.7 Å². The fourth-order valence-electron chi connectivity index (χ4n) is 3.43. The quantitative estimate of drug-likeness (QED) is 0.833. The molecule has 4 heterocycles. The largest absolute Gasteiger partial charge is 0.373 e. The number of fused-ring (bicyclic) bond motifs is 1. The van der Waals surface area contributed by atoms with Crippen LogP contribution in [0, 0.1) is 0 Å². The first kappa shape index (κ1) is 17.4. The monoisotopic (exact) mass is 356 g/mol. The van der Waals surface area contributed by atoms with Gasteiger partial charge < -0.3 is 9.64 Å². The summed E-state index contributed by atoms with van der Waals surface area (Å²) in [7, 11) is 2.17. The predicted molar refractivity (Wildman–Crippen MR) is 100 cm³/mol. The molecule has 2 aliphatic heterocycles. The van der Waals surface area contributed by atoms with E-state index >= 15 is 0 Å². The van der Waals surface area contributed by atoms with Crippen molar-refractivity contribution in [1.82, 2.24) is 24.9 Å². The molecule has 1 fully saturated rings. The van der Waals surface area contributed by atoms with E-state index in [4.69, 9.17) is 9.84 Å². The van der Waals surface area contributed by atoms with E-state index in [2.05, 4.69) is 70.7 Å². The van der Waals surface area contributed by atoms with Crippen LogP contribution in [0.25, 0.3) is 0 Å². The Kier molecular flexibility index (Phi) is 4.44. The molecule has 0 radical (unpaired) electrons. The van der Waals surface area contributed by atoms with Gasteiger partial charge >= 0.3 is 0 Å². The molecule has 0 amide bonds.